The molecule has 0 fully saturated rings. The number of nitrogens with one attached hydrogen (secondary N) is 1. The summed E-state index contributed by atoms with van der Waals surface area (Å²) in [6.45, 7) is 0.632. The van der Waals surface area contributed by atoms with E-state index in [0.717, 1.165) is 16.5 Å². The molecule has 0 aromatic heterocycles. The van der Waals surface area contributed by atoms with Crippen LogP contribution in [0.2, 0.25) is 0 Å². The molecule has 0 amide bonds. The lowest BCUT2D eigenvalue weighted by atomic mass is 10.2. The summed E-state index contributed by atoms with van der Waals surface area (Å²) in [4.78, 5) is 4.23. The lowest BCUT2D eigenvalue weighted by Crippen LogP contribution is -2.27. The zero-order valence-corrected chi connectivity index (χ0v) is 13.1. The maximum atomic E-state index is 5.75. The molecular weight excluding hydrogens is 328 g/mol. The van der Waals surface area contributed by atoms with Gasteiger partial charge in [-0.15, -0.1) is 0 Å². The molecule has 2 aromatic rings. The van der Waals surface area contributed by atoms with Gasteiger partial charge in [-0.1, -0.05) is 64.5 Å². The molecule has 0 unspecified atom stereocenters. The van der Waals surface area contributed by atoms with Crippen LogP contribution in [0.25, 0.3) is 0 Å². The van der Waals surface area contributed by atoms with E-state index >= 15 is 0 Å². The third kappa shape index (κ3) is 5.39. The van der Waals surface area contributed by atoms with Crippen molar-refractivity contribution in [2.24, 2.45) is 15.8 Å². The lowest BCUT2D eigenvalue weighted by Gasteiger charge is -2.01. The number of hydrogen-bond donors (Lipinski definition) is 2. The highest BCUT2D eigenvalue weighted by Crippen LogP contribution is 2.13. The van der Waals surface area contributed by atoms with Crippen LogP contribution in [0.5, 0.6) is 0 Å². The molecule has 0 heterocycles. The number of hydrogen-bond acceptors (Lipinski definition) is 2. The van der Waals surface area contributed by atoms with Crippen LogP contribution in [-0.2, 0) is 6.42 Å². The van der Waals surface area contributed by atoms with Crippen LogP contribution < -0.4 is 11.2 Å². The minimum atomic E-state index is 0.314. The first-order chi connectivity index (χ1) is 10.3. The standard InChI is InChI=1S/C16H17BrN4/c17-15-9-5-4-8-14(15)12-20-21-16(18)19-11-10-13-6-2-1-3-7-13/h1-9,12H,10-11H2,(H3,18,19,21)/b20-12+. The topological polar surface area (TPSA) is 62.8 Å². The van der Waals surface area contributed by atoms with E-state index in [2.05, 4.69) is 43.6 Å². The SMILES string of the molecule is NC(=NCCc1ccccc1)N/N=C/c1ccccc1Br. The molecule has 2 rings (SSSR count). The van der Waals surface area contributed by atoms with Crippen molar-refractivity contribution in [1.82, 2.24) is 5.43 Å². The molecular formula is C16H17BrN4. The van der Waals surface area contributed by atoms with Crippen molar-refractivity contribution in [3.63, 3.8) is 0 Å². The number of rotatable bonds is 5. The van der Waals surface area contributed by atoms with Gasteiger partial charge in [0.2, 0.25) is 5.96 Å². The minimum absolute atomic E-state index is 0.314. The zero-order valence-electron chi connectivity index (χ0n) is 11.5. The first-order valence-electron chi connectivity index (χ1n) is 6.63. The van der Waals surface area contributed by atoms with E-state index in [1.165, 1.54) is 5.56 Å². The number of nitrogens with two attached hydrogens (primary N) is 1. The molecule has 0 saturated carbocycles. The molecule has 0 aliphatic heterocycles. The molecule has 108 valence electrons. The van der Waals surface area contributed by atoms with Crippen LogP contribution in [0.15, 0.2) is 69.2 Å². The maximum absolute atomic E-state index is 5.75. The Hall–Kier alpha value is -2.14. The Labute approximate surface area is 132 Å². The van der Waals surface area contributed by atoms with Crippen LogP contribution in [0.3, 0.4) is 0 Å². The van der Waals surface area contributed by atoms with Crippen LogP contribution in [-0.4, -0.2) is 18.7 Å². The predicted molar refractivity (Wildman–Crippen MR) is 91.5 cm³/mol. The third-order valence-corrected chi connectivity index (χ3v) is 3.54. The molecule has 0 spiro atoms. The maximum Gasteiger partial charge on any atom is 0.209 e. The molecule has 0 aliphatic carbocycles. The van der Waals surface area contributed by atoms with Crippen molar-refractivity contribution in [3.05, 3.63) is 70.2 Å². The van der Waals surface area contributed by atoms with Gasteiger partial charge in [0, 0.05) is 16.6 Å². The fraction of sp³-hybridized carbons (Fsp3) is 0.125. The molecule has 3 N–H and O–H groups in total. The Bertz CT molecular complexity index is 623. The van der Waals surface area contributed by atoms with Gasteiger partial charge in [0.15, 0.2) is 0 Å². The average Bonchev–Trinajstić information content (AvgIpc) is 2.50. The molecule has 0 radical (unpaired) electrons. The molecule has 2 aromatic carbocycles. The van der Waals surface area contributed by atoms with Crippen molar-refractivity contribution >= 4 is 28.1 Å². The largest absolute Gasteiger partial charge is 0.369 e. The quantitative estimate of drug-likeness (QED) is 0.497. The second-order valence-corrected chi connectivity index (χ2v) is 5.25. The first-order valence-corrected chi connectivity index (χ1v) is 7.42. The van der Waals surface area contributed by atoms with E-state index in [1.54, 1.807) is 6.21 Å². The van der Waals surface area contributed by atoms with Gasteiger partial charge < -0.3 is 5.73 Å². The summed E-state index contributed by atoms with van der Waals surface area (Å²) in [5, 5.41) is 4.07. The monoisotopic (exact) mass is 344 g/mol. The molecule has 4 nitrogen and oxygen atoms in total. The van der Waals surface area contributed by atoms with Crippen molar-refractivity contribution in [3.8, 4) is 0 Å². The molecule has 0 atom stereocenters. The van der Waals surface area contributed by atoms with Crippen molar-refractivity contribution < 1.29 is 0 Å². The fourth-order valence-electron chi connectivity index (χ4n) is 1.73. The molecule has 21 heavy (non-hydrogen) atoms. The van der Waals surface area contributed by atoms with E-state index in [0.29, 0.717) is 12.5 Å². The highest BCUT2D eigenvalue weighted by molar-refractivity contribution is 9.10. The Kier molecular flexibility index (Phi) is 5.97. The average molecular weight is 345 g/mol. The summed E-state index contributed by atoms with van der Waals surface area (Å²) >= 11 is 3.45. The second kappa shape index (κ2) is 8.21. The number of guanidine groups is 1. The van der Waals surface area contributed by atoms with Crippen molar-refractivity contribution in [1.29, 1.82) is 0 Å². The zero-order chi connectivity index (χ0) is 14.9. The summed E-state index contributed by atoms with van der Waals surface area (Å²) in [6.07, 6.45) is 2.56. The van der Waals surface area contributed by atoms with Crippen LogP contribution in [0.4, 0.5) is 0 Å². The number of halogens is 1. The van der Waals surface area contributed by atoms with Gasteiger partial charge in [-0.25, -0.2) is 5.43 Å². The highest BCUT2D eigenvalue weighted by Gasteiger charge is 1.94. The van der Waals surface area contributed by atoms with E-state index in [9.17, 15) is 0 Å². The van der Waals surface area contributed by atoms with Crippen LogP contribution >= 0.6 is 15.9 Å². The molecule has 0 saturated heterocycles. The van der Waals surface area contributed by atoms with Crippen LogP contribution in [0, 0.1) is 0 Å². The van der Waals surface area contributed by atoms with Gasteiger partial charge in [0.25, 0.3) is 0 Å². The van der Waals surface area contributed by atoms with Gasteiger partial charge in [-0.2, -0.15) is 5.10 Å². The number of hydrazone groups is 1. The Morgan fingerprint density at radius 3 is 2.57 bits per heavy atom. The van der Waals surface area contributed by atoms with E-state index in [4.69, 9.17) is 5.73 Å². The minimum Gasteiger partial charge on any atom is -0.369 e. The van der Waals surface area contributed by atoms with E-state index < -0.39 is 0 Å². The van der Waals surface area contributed by atoms with Crippen molar-refractivity contribution in [2.75, 3.05) is 6.54 Å². The summed E-state index contributed by atoms with van der Waals surface area (Å²) in [5.41, 5.74) is 10.7. The Morgan fingerprint density at radius 2 is 1.81 bits per heavy atom. The molecule has 5 heteroatoms. The number of nitrogens with zero attached hydrogens (tertiary/aromatic N) is 2. The number of aliphatic imine (C=N–C) groups is 1. The second-order valence-electron chi connectivity index (χ2n) is 4.39. The first kappa shape index (κ1) is 15.3. The van der Waals surface area contributed by atoms with E-state index in [1.807, 2.05) is 42.5 Å². The third-order valence-electron chi connectivity index (χ3n) is 2.81. The highest BCUT2D eigenvalue weighted by atomic mass is 79.9. The summed E-state index contributed by atoms with van der Waals surface area (Å²) < 4.78 is 0.982. The fourth-order valence-corrected chi connectivity index (χ4v) is 2.12. The van der Waals surface area contributed by atoms with Gasteiger partial charge in [0.05, 0.1) is 6.21 Å². The van der Waals surface area contributed by atoms with E-state index in [-0.39, 0.29) is 0 Å². The Balaban J connectivity index is 1.80. The molecule has 0 bridgehead atoms. The van der Waals surface area contributed by atoms with Gasteiger partial charge >= 0.3 is 0 Å². The normalized spacial score (nSPS) is 11.8. The smallest absolute Gasteiger partial charge is 0.209 e. The summed E-state index contributed by atoms with van der Waals surface area (Å²) in [5.74, 6) is 0.314. The predicted octanol–water partition coefficient (Wildman–Crippen LogP) is 2.93. The Morgan fingerprint density at radius 1 is 1.10 bits per heavy atom. The van der Waals surface area contributed by atoms with Gasteiger partial charge in [-0.05, 0) is 18.1 Å². The number of benzene rings is 2. The molecule has 0 aliphatic rings. The van der Waals surface area contributed by atoms with Crippen molar-refractivity contribution in [2.45, 2.75) is 6.42 Å². The van der Waals surface area contributed by atoms with Gasteiger partial charge in [0.1, 0.15) is 0 Å². The van der Waals surface area contributed by atoms with Gasteiger partial charge in [-0.3, -0.25) is 4.99 Å². The lowest BCUT2D eigenvalue weighted by molar-refractivity contribution is 0.926. The summed E-state index contributed by atoms with van der Waals surface area (Å²) in [7, 11) is 0. The summed E-state index contributed by atoms with van der Waals surface area (Å²) in [6, 6.07) is 18.0. The van der Waals surface area contributed by atoms with Crippen LogP contribution in [0.1, 0.15) is 11.1 Å².